The van der Waals surface area contributed by atoms with Gasteiger partial charge in [0.15, 0.2) is 0 Å². The van der Waals surface area contributed by atoms with Crippen molar-refractivity contribution in [2.45, 2.75) is 70.5 Å². The monoisotopic (exact) mass is 288 g/mol. The van der Waals surface area contributed by atoms with E-state index in [1.807, 2.05) is 6.92 Å². The van der Waals surface area contributed by atoms with E-state index < -0.39 is 10.0 Å². The van der Waals surface area contributed by atoms with Gasteiger partial charge in [0.2, 0.25) is 0 Å². The molecule has 0 saturated carbocycles. The molecule has 110 valence electrons. The lowest BCUT2D eigenvalue weighted by Crippen LogP contribution is -2.19. The zero-order chi connectivity index (χ0) is 14.3. The summed E-state index contributed by atoms with van der Waals surface area (Å²) in [6.45, 7) is 4.57. The van der Waals surface area contributed by atoms with E-state index in [9.17, 15) is 8.42 Å². The molecule has 0 spiro atoms. The van der Waals surface area contributed by atoms with Gasteiger partial charge in [-0.2, -0.15) is 0 Å². The number of nitrogens with zero attached hydrogens (tertiary/aromatic N) is 3. The molecule has 2 N–H and O–H groups in total. The van der Waals surface area contributed by atoms with Crippen molar-refractivity contribution < 1.29 is 8.42 Å². The molecular weight excluding hydrogens is 264 g/mol. The van der Waals surface area contributed by atoms with Crippen LogP contribution in [-0.2, 0) is 23.0 Å². The smallest absolute Gasteiger partial charge is 0.273 e. The van der Waals surface area contributed by atoms with Crippen LogP contribution in [0, 0.1) is 0 Å². The van der Waals surface area contributed by atoms with E-state index in [0.717, 1.165) is 19.3 Å². The van der Waals surface area contributed by atoms with E-state index in [0.29, 0.717) is 12.4 Å². The Morgan fingerprint density at radius 2 is 1.68 bits per heavy atom. The number of sulfonamides is 1. The first kappa shape index (κ1) is 16.1. The number of hydrogen-bond acceptors (Lipinski definition) is 4. The minimum absolute atomic E-state index is 0.129. The molecule has 0 unspecified atom stereocenters. The quantitative estimate of drug-likeness (QED) is 0.702. The predicted molar refractivity (Wildman–Crippen MR) is 74.1 cm³/mol. The Labute approximate surface area is 115 Å². The molecule has 6 nitrogen and oxygen atoms in total. The SMILES string of the molecule is CCCCCCCCc1nnc(S(N)(=O)=O)n1CC. The van der Waals surface area contributed by atoms with Crippen molar-refractivity contribution in [1.29, 1.82) is 0 Å². The molecule has 0 saturated heterocycles. The lowest BCUT2D eigenvalue weighted by atomic mass is 10.1. The second kappa shape index (κ2) is 7.59. The maximum atomic E-state index is 11.3. The third-order valence-electron chi connectivity index (χ3n) is 3.12. The van der Waals surface area contributed by atoms with Gasteiger partial charge in [0.1, 0.15) is 5.82 Å². The fraction of sp³-hybridized carbons (Fsp3) is 0.833. The Bertz CT molecular complexity index is 482. The van der Waals surface area contributed by atoms with Crippen molar-refractivity contribution in [1.82, 2.24) is 14.8 Å². The molecule has 19 heavy (non-hydrogen) atoms. The summed E-state index contributed by atoms with van der Waals surface area (Å²) >= 11 is 0. The van der Waals surface area contributed by atoms with Crippen LogP contribution < -0.4 is 5.14 Å². The van der Waals surface area contributed by atoms with Gasteiger partial charge in [-0.3, -0.25) is 0 Å². The topological polar surface area (TPSA) is 90.9 Å². The zero-order valence-corrected chi connectivity index (χ0v) is 12.6. The molecule has 1 rings (SSSR count). The average Bonchev–Trinajstić information content (AvgIpc) is 2.76. The highest BCUT2D eigenvalue weighted by Crippen LogP contribution is 2.12. The lowest BCUT2D eigenvalue weighted by Gasteiger charge is -2.06. The maximum absolute atomic E-state index is 11.3. The predicted octanol–water partition coefficient (Wildman–Crippen LogP) is 1.85. The number of primary sulfonamides is 1. The summed E-state index contributed by atoms with van der Waals surface area (Å²) in [6.07, 6.45) is 7.90. The van der Waals surface area contributed by atoms with Gasteiger partial charge >= 0.3 is 0 Å². The van der Waals surface area contributed by atoms with E-state index in [4.69, 9.17) is 5.14 Å². The van der Waals surface area contributed by atoms with E-state index in [-0.39, 0.29) is 5.16 Å². The molecule has 0 aromatic carbocycles. The summed E-state index contributed by atoms with van der Waals surface area (Å²) in [5.41, 5.74) is 0. The first-order valence-corrected chi connectivity index (χ1v) is 8.50. The molecule has 7 heteroatoms. The molecule has 1 aromatic heterocycles. The first-order chi connectivity index (χ1) is 9.00. The standard InChI is InChI=1S/C12H24N4O2S/c1-3-5-6-7-8-9-10-11-14-15-12(16(11)4-2)19(13,17)18/h3-10H2,1-2H3,(H2,13,17,18). The Kier molecular flexibility index (Phi) is 6.44. The second-order valence-electron chi connectivity index (χ2n) is 4.71. The number of unbranched alkanes of at least 4 members (excludes halogenated alkanes) is 5. The van der Waals surface area contributed by atoms with Crippen LogP contribution in [0.4, 0.5) is 0 Å². The first-order valence-electron chi connectivity index (χ1n) is 6.95. The number of rotatable bonds is 9. The molecule has 0 atom stereocenters. The minimum Gasteiger partial charge on any atom is -0.301 e. The van der Waals surface area contributed by atoms with Crippen LogP contribution in [-0.4, -0.2) is 23.2 Å². The average molecular weight is 288 g/mol. The van der Waals surface area contributed by atoms with Crippen LogP contribution in [0.1, 0.15) is 58.2 Å². The van der Waals surface area contributed by atoms with Crippen LogP contribution in [0.2, 0.25) is 0 Å². The summed E-state index contributed by atoms with van der Waals surface area (Å²) in [5, 5.41) is 12.6. The van der Waals surface area contributed by atoms with Gasteiger partial charge in [-0.1, -0.05) is 39.0 Å². The van der Waals surface area contributed by atoms with E-state index in [2.05, 4.69) is 17.1 Å². The Morgan fingerprint density at radius 1 is 1.05 bits per heavy atom. The van der Waals surface area contributed by atoms with E-state index in [1.165, 1.54) is 25.7 Å². The maximum Gasteiger partial charge on any atom is 0.273 e. The molecule has 1 heterocycles. The summed E-state index contributed by atoms with van der Waals surface area (Å²) in [4.78, 5) is 0. The normalized spacial score (nSPS) is 11.9. The highest BCUT2D eigenvalue weighted by Gasteiger charge is 2.19. The van der Waals surface area contributed by atoms with E-state index >= 15 is 0 Å². The number of nitrogens with two attached hydrogens (primary N) is 1. The Morgan fingerprint density at radius 3 is 2.26 bits per heavy atom. The van der Waals surface area contributed by atoms with Gasteiger partial charge in [0, 0.05) is 13.0 Å². The van der Waals surface area contributed by atoms with Gasteiger partial charge < -0.3 is 4.57 Å². The third-order valence-corrected chi connectivity index (χ3v) is 3.93. The molecule has 0 aliphatic carbocycles. The highest BCUT2D eigenvalue weighted by molar-refractivity contribution is 7.89. The lowest BCUT2D eigenvalue weighted by molar-refractivity contribution is 0.554. The molecular formula is C12H24N4O2S. The highest BCUT2D eigenvalue weighted by atomic mass is 32.2. The number of aromatic nitrogens is 3. The van der Waals surface area contributed by atoms with Crippen molar-refractivity contribution in [3.05, 3.63) is 5.82 Å². The van der Waals surface area contributed by atoms with Crippen molar-refractivity contribution >= 4 is 10.0 Å². The van der Waals surface area contributed by atoms with Crippen molar-refractivity contribution in [3.8, 4) is 0 Å². The summed E-state index contributed by atoms with van der Waals surface area (Å²) < 4.78 is 24.2. The van der Waals surface area contributed by atoms with Crippen molar-refractivity contribution in [2.24, 2.45) is 5.14 Å². The summed E-state index contributed by atoms with van der Waals surface area (Å²) in [5.74, 6) is 0.710. The van der Waals surface area contributed by atoms with Crippen molar-refractivity contribution in [3.63, 3.8) is 0 Å². The molecule has 0 aliphatic rings. The summed E-state index contributed by atoms with van der Waals surface area (Å²) in [7, 11) is -3.78. The largest absolute Gasteiger partial charge is 0.301 e. The van der Waals surface area contributed by atoms with Crippen LogP contribution in [0.3, 0.4) is 0 Å². The van der Waals surface area contributed by atoms with Crippen molar-refractivity contribution in [2.75, 3.05) is 0 Å². The molecule has 0 aliphatic heterocycles. The van der Waals surface area contributed by atoms with Crippen LogP contribution in [0.25, 0.3) is 0 Å². The molecule has 0 bridgehead atoms. The number of hydrogen-bond donors (Lipinski definition) is 1. The fourth-order valence-electron chi connectivity index (χ4n) is 2.10. The van der Waals surface area contributed by atoms with Gasteiger partial charge in [-0.05, 0) is 13.3 Å². The fourth-order valence-corrected chi connectivity index (χ4v) is 2.79. The van der Waals surface area contributed by atoms with Gasteiger partial charge in [0.25, 0.3) is 15.2 Å². The minimum atomic E-state index is -3.78. The molecule has 1 aromatic rings. The van der Waals surface area contributed by atoms with Crippen LogP contribution in [0.5, 0.6) is 0 Å². The molecule has 0 fully saturated rings. The van der Waals surface area contributed by atoms with Crippen LogP contribution in [0.15, 0.2) is 5.16 Å². The zero-order valence-electron chi connectivity index (χ0n) is 11.8. The van der Waals surface area contributed by atoms with Crippen LogP contribution >= 0.6 is 0 Å². The van der Waals surface area contributed by atoms with Gasteiger partial charge in [-0.15, -0.1) is 10.2 Å². The van der Waals surface area contributed by atoms with Gasteiger partial charge in [-0.25, -0.2) is 13.6 Å². The third kappa shape index (κ3) is 4.91. The second-order valence-corrected chi connectivity index (χ2v) is 6.16. The summed E-state index contributed by atoms with van der Waals surface area (Å²) in [6, 6.07) is 0. The molecule has 0 amide bonds. The van der Waals surface area contributed by atoms with Gasteiger partial charge in [0.05, 0.1) is 0 Å². The Hall–Kier alpha value is -0.950. The Balaban J connectivity index is 2.53. The molecule has 0 radical (unpaired) electrons. The van der Waals surface area contributed by atoms with E-state index in [1.54, 1.807) is 4.57 Å². The number of aryl methyl sites for hydroxylation is 1.